The number of rotatable bonds is 12. The third-order valence-electron chi connectivity index (χ3n) is 6.40. The number of halogens is 1. The molecule has 184 valence electrons. The molecule has 3 rings (SSSR count). The van der Waals surface area contributed by atoms with Crippen LogP contribution < -0.4 is 30.0 Å². The second kappa shape index (κ2) is 13.5. The van der Waals surface area contributed by atoms with Crippen LogP contribution in [0.4, 0.5) is 0 Å². The van der Waals surface area contributed by atoms with Crippen LogP contribution in [0.3, 0.4) is 0 Å². The number of nitrogens with one attached hydrogen (secondary N) is 1. The van der Waals surface area contributed by atoms with Gasteiger partial charge >= 0.3 is 0 Å². The molecule has 1 heterocycles. The minimum Gasteiger partial charge on any atom is -0.493 e. The summed E-state index contributed by atoms with van der Waals surface area (Å²) in [5.41, 5.74) is 10.2. The van der Waals surface area contributed by atoms with E-state index < -0.39 is 0 Å². The highest BCUT2D eigenvalue weighted by Crippen LogP contribution is 2.37. The molecule has 2 aromatic carbocycles. The van der Waals surface area contributed by atoms with Gasteiger partial charge in [-0.3, -0.25) is 0 Å². The zero-order valence-corrected chi connectivity index (χ0v) is 21.1. The average molecular weight is 479 g/mol. The molecule has 2 atom stereocenters. The Hall–Kier alpha value is -2.15. The van der Waals surface area contributed by atoms with Crippen molar-refractivity contribution in [1.29, 1.82) is 0 Å². The van der Waals surface area contributed by atoms with Crippen molar-refractivity contribution in [3.63, 3.8) is 0 Å². The molecule has 0 spiro atoms. The first-order valence-electron chi connectivity index (χ1n) is 11.6. The molecule has 0 saturated heterocycles. The summed E-state index contributed by atoms with van der Waals surface area (Å²) in [5.74, 6) is 3.09. The van der Waals surface area contributed by atoms with Crippen molar-refractivity contribution in [3.8, 4) is 23.0 Å². The first-order valence-corrected chi connectivity index (χ1v) is 11.6. The molecule has 2 aromatic rings. The highest BCUT2D eigenvalue weighted by Gasteiger charge is 2.22. The topological polar surface area (TPSA) is 75.0 Å². The summed E-state index contributed by atoms with van der Waals surface area (Å²) in [4.78, 5) is 0. The fourth-order valence-corrected chi connectivity index (χ4v) is 4.54. The molecular formula is C26H39ClN2O4. The summed E-state index contributed by atoms with van der Waals surface area (Å²) in [6.45, 7) is 1.01. The van der Waals surface area contributed by atoms with Crippen molar-refractivity contribution < 1.29 is 18.9 Å². The maximum atomic E-state index is 6.42. The van der Waals surface area contributed by atoms with E-state index in [0.717, 1.165) is 60.8 Å². The van der Waals surface area contributed by atoms with E-state index in [1.165, 1.54) is 30.4 Å². The fourth-order valence-electron chi connectivity index (χ4n) is 4.54. The van der Waals surface area contributed by atoms with Crippen LogP contribution in [0.2, 0.25) is 0 Å². The highest BCUT2D eigenvalue weighted by molar-refractivity contribution is 5.85. The van der Waals surface area contributed by atoms with Gasteiger partial charge in [0.1, 0.15) is 0 Å². The maximum absolute atomic E-state index is 6.42. The number of fused-ring (bicyclic) bond motifs is 1. The summed E-state index contributed by atoms with van der Waals surface area (Å²) < 4.78 is 21.7. The molecule has 3 N–H and O–H groups in total. The van der Waals surface area contributed by atoms with Gasteiger partial charge in [0.2, 0.25) is 0 Å². The molecule has 6 nitrogen and oxygen atoms in total. The zero-order chi connectivity index (χ0) is 22.9. The summed E-state index contributed by atoms with van der Waals surface area (Å²) in [5, 5.41) is 3.68. The van der Waals surface area contributed by atoms with E-state index in [9.17, 15) is 0 Å². The van der Waals surface area contributed by atoms with Crippen molar-refractivity contribution in [3.05, 3.63) is 47.0 Å². The molecule has 33 heavy (non-hydrogen) atoms. The number of benzene rings is 2. The van der Waals surface area contributed by atoms with E-state index >= 15 is 0 Å². The Labute approximate surface area is 204 Å². The van der Waals surface area contributed by atoms with E-state index in [1.54, 1.807) is 28.4 Å². The second-order valence-corrected chi connectivity index (χ2v) is 8.38. The molecule has 2 unspecified atom stereocenters. The summed E-state index contributed by atoms with van der Waals surface area (Å²) in [7, 11) is 6.69. The van der Waals surface area contributed by atoms with Gasteiger partial charge in [0.05, 0.1) is 28.4 Å². The predicted octanol–water partition coefficient (Wildman–Crippen LogP) is 5.37. The van der Waals surface area contributed by atoms with Crippen LogP contribution in [-0.4, -0.2) is 35.0 Å². The van der Waals surface area contributed by atoms with Gasteiger partial charge in [0.25, 0.3) is 0 Å². The molecule has 1 aliphatic rings. The normalized spacial score (nSPS) is 15.7. The molecule has 0 fully saturated rings. The number of ether oxygens (including phenoxy) is 4. The highest BCUT2D eigenvalue weighted by atomic mass is 35.5. The van der Waals surface area contributed by atoms with Gasteiger partial charge in [-0.2, -0.15) is 0 Å². The molecule has 0 saturated carbocycles. The van der Waals surface area contributed by atoms with Crippen LogP contribution in [0.15, 0.2) is 30.3 Å². The standard InChI is InChI=1S/C26H38N2O4.ClH/c1-29-23-12-11-19(16-24(23)30-2)21(27)9-7-5-6-8-10-22-20-17-26(32-4)25(31-3)15-18(20)13-14-28-22;/h11-12,15-17,21-22,28H,5-10,13-14,27H2,1-4H3;1H. The lowest BCUT2D eigenvalue weighted by atomic mass is 9.90. The lowest BCUT2D eigenvalue weighted by Gasteiger charge is -2.28. The van der Waals surface area contributed by atoms with Gasteiger partial charge in [-0.25, -0.2) is 0 Å². The van der Waals surface area contributed by atoms with Gasteiger partial charge in [0, 0.05) is 12.1 Å². The number of unbranched alkanes of at least 4 members (excludes halogenated alkanes) is 3. The zero-order valence-electron chi connectivity index (χ0n) is 20.3. The third-order valence-corrected chi connectivity index (χ3v) is 6.40. The largest absolute Gasteiger partial charge is 0.493 e. The van der Waals surface area contributed by atoms with E-state index in [4.69, 9.17) is 24.7 Å². The van der Waals surface area contributed by atoms with Gasteiger partial charge in [0.15, 0.2) is 23.0 Å². The fraction of sp³-hybridized carbons (Fsp3) is 0.538. The van der Waals surface area contributed by atoms with Gasteiger partial charge in [-0.05, 0) is 66.8 Å². The van der Waals surface area contributed by atoms with Crippen LogP contribution in [0.25, 0.3) is 0 Å². The number of methoxy groups -OCH3 is 4. The van der Waals surface area contributed by atoms with Gasteiger partial charge in [-0.15, -0.1) is 12.4 Å². The van der Waals surface area contributed by atoms with Gasteiger partial charge in [-0.1, -0.05) is 31.7 Å². The molecule has 0 amide bonds. The van der Waals surface area contributed by atoms with E-state index in [1.807, 2.05) is 18.2 Å². The van der Waals surface area contributed by atoms with Crippen molar-refractivity contribution in [2.45, 2.75) is 57.0 Å². The van der Waals surface area contributed by atoms with E-state index in [2.05, 4.69) is 17.4 Å². The SMILES string of the molecule is COc1ccc(C(N)CCCCCCC2NCCc3cc(OC)c(OC)cc32)cc1OC.Cl. The Morgan fingerprint density at radius 3 is 2.18 bits per heavy atom. The maximum Gasteiger partial charge on any atom is 0.161 e. The quantitative estimate of drug-likeness (QED) is 0.399. The minimum absolute atomic E-state index is 0. The Kier molecular flexibility index (Phi) is 11.1. The molecule has 7 heteroatoms. The Bertz CT molecular complexity index is 878. The number of hydrogen-bond donors (Lipinski definition) is 2. The van der Waals surface area contributed by atoms with E-state index in [0.29, 0.717) is 6.04 Å². The molecule has 0 aromatic heterocycles. The molecule has 0 bridgehead atoms. The monoisotopic (exact) mass is 478 g/mol. The molecule has 1 aliphatic heterocycles. The number of nitrogens with two attached hydrogens (primary N) is 1. The van der Waals surface area contributed by atoms with Crippen LogP contribution in [-0.2, 0) is 6.42 Å². The summed E-state index contributed by atoms with van der Waals surface area (Å²) in [6, 6.07) is 10.6. The first-order chi connectivity index (χ1) is 15.6. The Morgan fingerprint density at radius 2 is 1.48 bits per heavy atom. The van der Waals surface area contributed by atoms with Crippen LogP contribution in [0.1, 0.15) is 67.3 Å². The molecule has 0 radical (unpaired) electrons. The van der Waals surface area contributed by atoms with Crippen molar-refractivity contribution in [2.24, 2.45) is 5.73 Å². The van der Waals surface area contributed by atoms with Crippen molar-refractivity contribution in [1.82, 2.24) is 5.32 Å². The number of hydrogen-bond acceptors (Lipinski definition) is 6. The van der Waals surface area contributed by atoms with E-state index in [-0.39, 0.29) is 18.4 Å². The third kappa shape index (κ3) is 6.92. The first kappa shape index (κ1) is 27.1. The lowest BCUT2D eigenvalue weighted by Crippen LogP contribution is -2.29. The van der Waals surface area contributed by atoms with Crippen molar-refractivity contribution >= 4 is 12.4 Å². The van der Waals surface area contributed by atoms with Crippen LogP contribution in [0.5, 0.6) is 23.0 Å². The predicted molar refractivity (Wildman–Crippen MR) is 135 cm³/mol. The van der Waals surface area contributed by atoms with Crippen molar-refractivity contribution in [2.75, 3.05) is 35.0 Å². The van der Waals surface area contributed by atoms with Gasteiger partial charge < -0.3 is 30.0 Å². The molecule has 0 aliphatic carbocycles. The lowest BCUT2D eigenvalue weighted by molar-refractivity contribution is 0.351. The minimum atomic E-state index is 0. The van der Waals surface area contributed by atoms with Crippen LogP contribution in [0, 0.1) is 0 Å². The molecular weight excluding hydrogens is 440 g/mol. The smallest absolute Gasteiger partial charge is 0.161 e. The summed E-state index contributed by atoms with van der Waals surface area (Å²) in [6.07, 6.45) is 7.83. The Balaban J connectivity index is 0.00000385. The second-order valence-electron chi connectivity index (χ2n) is 8.38. The van der Waals surface area contributed by atoms with Crippen LogP contribution >= 0.6 is 12.4 Å². The Morgan fingerprint density at radius 1 is 0.848 bits per heavy atom. The summed E-state index contributed by atoms with van der Waals surface area (Å²) >= 11 is 0. The average Bonchev–Trinajstić information content (AvgIpc) is 2.84.